The molecule has 2 N–H and O–H groups in total. The van der Waals surface area contributed by atoms with E-state index in [-0.39, 0.29) is 17.2 Å². The summed E-state index contributed by atoms with van der Waals surface area (Å²) in [6, 6.07) is 19.6. The Balaban J connectivity index is 1.38. The SMILES string of the molecule is COc1ccc(C)cc1NC1NC(=O)/C(=C/c2ccc(OCc3ccc(F)cc3)cc2)S1. The van der Waals surface area contributed by atoms with Crippen LogP contribution in [0.5, 0.6) is 11.5 Å². The number of methoxy groups -OCH3 is 1. The Morgan fingerprint density at radius 3 is 2.56 bits per heavy atom. The number of rotatable bonds is 7. The van der Waals surface area contributed by atoms with Gasteiger partial charge >= 0.3 is 0 Å². The van der Waals surface area contributed by atoms with Crippen molar-refractivity contribution in [3.05, 3.63) is 94.1 Å². The molecular weight excluding hydrogens is 427 g/mol. The number of ether oxygens (including phenoxy) is 2. The predicted octanol–water partition coefficient (Wildman–Crippen LogP) is 5.32. The smallest absolute Gasteiger partial charge is 0.260 e. The summed E-state index contributed by atoms with van der Waals surface area (Å²) in [4.78, 5) is 13.0. The summed E-state index contributed by atoms with van der Waals surface area (Å²) >= 11 is 1.42. The molecule has 4 rings (SSSR count). The molecule has 3 aromatic carbocycles. The van der Waals surface area contributed by atoms with Gasteiger partial charge in [-0.25, -0.2) is 4.39 Å². The summed E-state index contributed by atoms with van der Waals surface area (Å²) < 4.78 is 24.1. The van der Waals surface area contributed by atoms with E-state index in [1.807, 2.05) is 55.5 Å². The van der Waals surface area contributed by atoms with Crippen molar-refractivity contribution in [2.75, 3.05) is 12.4 Å². The molecule has 5 nitrogen and oxygen atoms in total. The quantitative estimate of drug-likeness (QED) is 0.477. The molecule has 0 aromatic heterocycles. The second-order valence-corrected chi connectivity index (χ2v) is 8.46. The van der Waals surface area contributed by atoms with Crippen molar-refractivity contribution in [2.24, 2.45) is 0 Å². The highest BCUT2D eigenvalue weighted by Gasteiger charge is 2.27. The lowest BCUT2D eigenvalue weighted by Crippen LogP contribution is -2.31. The van der Waals surface area contributed by atoms with E-state index in [2.05, 4.69) is 10.6 Å². The Bertz CT molecular complexity index is 1130. The minimum absolute atomic E-state index is 0.129. The zero-order valence-corrected chi connectivity index (χ0v) is 18.5. The molecule has 0 bridgehead atoms. The van der Waals surface area contributed by atoms with Crippen LogP contribution in [-0.2, 0) is 11.4 Å². The highest BCUT2D eigenvalue weighted by Crippen LogP contribution is 2.33. The number of hydrogen-bond acceptors (Lipinski definition) is 5. The topological polar surface area (TPSA) is 59.6 Å². The standard InChI is InChI=1S/C25H23FN2O3S/c1-16-3-12-22(30-2)21(13-16)27-25-28-24(29)23(32-25)14-17-6-10-20(11-7-17)31-15-18-4-8-19(26)9-5-18/h3-14,25,27H,15H2,1-2H3,(H,28,29)/b23-14-. The van der Waals surface area contributed by atoms with Crippen molar-refractivity contribution in [3.8, 4) is 11.5 Å². The number of carbonyl (C=O) groups excluding carboxylic acids is 1. The summed E-state index contributed by atoms with van der Waals surface area (Å²) in [7, 11) is 1.62. The zero-order chi connectivity index (χ0) is 22.5. The maximum atomic E-state index is 13.0. The van der Waals surface area contributed by atoms with Crippen LogP contribution < -0.4 is 20.1 Å². The van der Waals surface area contributed by atoms with Crippen LogP contribution in [-0.4, -0.2) is 18.5 Å². The average molecular weight is 451 g/mol. The molecule has 1 amide bonds. The molecule has 3 aromatic rings. The molecule has 1 fully saturated rings. The first-order chi connectivity index (χ1) is 15.5. The molecule has 1 heterocycles. The number of carbonyl (C=O) groups is 1. The number of thioether (sulfide) groups is 1. The Morgan fingerprint density at radius 1 is 1.09 bits per heavy atom. The molecule has 0 spiro atoms. The molecule has 1 unspecified atom stereocenters. The lowest BCUT2D eigenvalue weighted by Gasteiger charge is -2.16. The molecule has 0 radical (unpaired) electrons. The monoisotopic (exact) mass is 450 g/mol. The maximum absolute atomic E-state index is 13.0. The van der Waals surface area contributed by atoms with Crippen LogP contribution in [0.25, 0.3) is 6.08 Å². The number of aryl methyl sites for hydroxylation is 1. The molecule has 32 heavy (non-hydrogen) atoms. The lowest BCUT2D eigenvalue weighted by molar-refractivity contribution is -0.116. The van der Waals surface area contributed by atoms with Gasteiger partial charge < -0.3 is 20.1 Å². The minimum atomic E-state index is -0.289. The lowest BCUT2D eigenvalue weighted by atomic mass is 10.2. The van der Waals surface area contributed by atoms with Crippen molar-refractivity contribution in [2.45, 2.75) is 19.0 Å². The highest BCUT2D eigenvalue weighted by molar-refractivity contribution is 8.05. The molecule has 1 saturated heterocycles. The van der Waals surface area contributed by atoms with Gasteiger partial charge in [0.15, 0.2) is 5.50 Å². The van der Waals surface area contributed by atoms with E-state index in [0.29, 0.717) is 17.3 Å². The van der Waals surface area contributed by atoms with E-state index in [1.165, 1.54) is 23.9 Å². The van der Waals surface area contributed by atoms with Gasteiger partial charge in [0.1, 0.15) is 23.9 Å². The van der Waals surface area contributed by atoms with Gasteiger partial charge in [0.25, 0.3) is 5.91 Å². The molecule has 1 aliphatic rings. The van der Waals surface area contributed by atoms with E-state index in [1.54, 1.807) is 19.2 Å². The van der Waals surface area contributed by atoms with Crippen molar-refractivity contribution in [1.29, 1.82) is 0 Å². The van der Waals surface area contributed by atoms with E-state index < -0.39 is 0 Å². The fraction of sp³-hybridized carbons (Fsp3) is 0.160. The maximum Gasteiger partial charge on any atom is 0.260 e. The second-order valence-electron chi connectivity index (χ2n) is 7.31. The number of benzene rings is 3. The van der Waals surface area contributed by atoms with Crippen LogP contribution in [0.4, 0.5) is 10.1 Å². The fourth-order valence-corrected chi connectivity index (χ4v) is 4.18. The van der Waals surface area contributed by atoms with Gasteiger partial charge in [-0.15, -0.1) is 0 Å². The molecule has 1 atom stereocenters. The largest absolute Gasteiger partial charge is 0.495 e. The van der Waals surface area contributed by atoms with Crippen molar-refractivity contribution >= 4 is 29.4 Å². The first kappa shape index (κ1) is 21.8. The number of anilines is 1. The van der Waals surface area contributed by atoms with E-state index in [0.717, 1.165) is 28.1 Å². The van der Waals surface area contributed by atoms with Crippen molar-refractivity contribution < 1.29 is 18.7 Å². The summed E-state index contributed by atoms with van der Waals surface area (Å²) in [5, 5.41) is 6.25. The Hall–Kier alpha value is -3.45. The fourth-order valence-electron chi connectivity index (χ4n) is 3.20. The van der Waals surface area contributed by atoms with E-state index in [4.69, 9.17) is 9.47 Å². The average Bonchev–Trinajstić information content (AvgIpc) is 3.13. The van der Waals surface area contributed by atoms with Crippen molar-refractivity contribution in [3.63, 3.8) is 0 Å². The van der Waals surface area contributed by atoms with Gasteiger partial charge in [-0.2, -0.15) is 0 Å². The van der Waals surface area contributed by atoms with Crippen LogP contribution in [0.3, 0.4) is 0 Å². The first-order valence-corrected chi connectivity index (χ1v) is 11.0. The highest BCUT2D eigenvalue weighted by atomic mass is 32.2. The molecule has 7 heteroatoms. The van der Waals surface area contributed by atoms with Gasteiger partial charge in [-0.1, -0.05) is 42.1 Å². The summed E-state index contributed by atoms with van der Waals surface area (Å²) in [5.74, 6) is 1.02. The van der Waals surface area contributed by atoms with Crippen LogP contribution in [0.1, 0.15) is 16.7 Å². The summed E-state index contributed by atoms with van der Waals surface area (Å²) in [6.07, 6.45) is 1.85. The third-order valence-electron chi connectivity index (χ3n) is 4.87. The second kappa shape index (κ2) is 9.78. The number of halogens is 1. The molecule has 164 valence electrons. The molecular formula is C25H23FN2O3S. The molecule has 1 aliphatic heterocycles. The first-order valence-electron chi connectivity index (χ1n) is 10.1. The minimum Gasteiger partial charge on any atom is -0.495 e. The number of nitrogens with one attached hydrogen (secondary N) is 2. The van der Waals surface area contributed by atoms with Crippen LogP contribution in [0, 0.1) is 12.7 Å². The Kier molecular flexibility index (Phi) is 6.66. The Morgan fingerprint density at radius 2 is 1.84 bits per heavy atom. The third-order valence-corrected chi connectivity index (χ3v) is 5.90. The van der Waals surface area contributed by atoms with Gasteiger partial charge in [0.05, 0.1) is 17.7 Å². The number of amides is 1. The number of hydrogen-bond donors (Lipinski definition) is 2. The normalized spacial score (nSPS) is 16.7. The Labute approximate surface area is 190 Å². The van der Waals surface area contributed by atoms with E-state index >= 15 is 0 Å². The zero-order valence-electron chi connectivity index (χ0n) is 17.7. The van der Waals surface area contributed by atoms with Crippen LogP contribution >= 0.6 is 11.8 Å². The van der Waals surface area contributed by atoms with Crippen LogP contribution in [0.2, 0.25) is 0 Å². The molecule has 0 aliphatic carbocycles. The van der Waals surface area contributed by atoms with Gasteiger partial charge in [-0.3, -0.25) is 4.79 Å². The predicted molar refractivity (Wildman–Crippen MR) is 126 cm³/mol. The van der Waals surface area contributed by atoms with Crippen LogP contribution in [0.15, 0.2) is 71.6 Å². The van der Waals surface area contributed by atoms with Gasteiger partial charge in [0.2, 0.25) is 0 Å². The van der Waals surface area contributed by atoms with Gasteiger partial charge in [-0.05, 0) is 66.1 Å². The molecule has 0 saturated carbocycles. The summed E-state index contributed by atoms with van der Waals surface area (Å²) in [5.41, 5.74) is 3.42. The van der Waals surface area contributed by atoms with Crippen molar-refractivity contribution in [1.82, 2.24) is 5.32 Å². The third kappa shape index (κ3) is 5.42. The van der Waals surface area contributed by atoms with Gasteiger partial charge in [0, 0.05) is 0 Å². The van der Waals surface area contributed by atoms with E-state index in [9.17, 15) is 9.18 Å². The summed E-state index contributed by atoms with van der Waals surface area (Å²) in [6.45, 7) is 2.36.